The Kier molecular flexibility index (Phi) is 5.05. The lowest BCUT2D eigenvalue weighted by molar-refractivity contribution is 0.645. The Morgan fingerprint density at radius 1 is 0.471 bits per heavy atom. The van der Waals surface area contributed by atoms with Crippen molar-refractivity contribution in [3.05, 3.63) is 163 Å². The molecule has 0 unspecified atom stereocenters. The van der Waals surface area contributed by atoms with Crippen molar-refractivity contribution in [1.29, 1.82) is 0 Å². The zero-order valence-electron chi connectivity index (χ0n) is 28.3. The summed E-state index contributed by atoms with van der Waals surface area (Å²) in [6, 6.07) is 56.1. The highest BCUT2D eigenvalue weighted by atomic mass is 15.0. The van der Waals surface area contributed by atoms with Gasteiger partial charge in [-0.05, 0) is 80.0 Å². The lowest BCUT2D eigenvalue weighted by Crippen LogP contribution is -2.23. The van der Waals surface area contributed by atoms with E-state index < -0.39 is 0 Å². The van der Waals surface area contributed by atoms with E-state index in [4.69, 9.17) is 4.98 Å². The van der Waals surface area contributed by atoms with Crippen LogP contribution in [0.3, 0.4) is 0 Å². The van der Waals surface area contributed by atoms with Crippen molar-refractivity contribution in [2.24, 2.45) is 0 Å². The maximum absolute atomic E-state index is 5.37. The molecule has 11 aromatic rings. The highest BCUT2D eigenvalue weighted by molar-refractivity contribution is 6.25. The minimum absolute atomic E-state index is 0.0957. The third-order valence-corrected chi connectivity index (χ3v) is 11.8. The van der Waals surface area contributed by atoms with Crippen molar-refractivity contribution in [3.63, 3.8) is 0 Å². The van der Waals surface area contributed by atoms with E-state index in [0.29, 0.717) is 0 Å². The van der Waals surface area contributed by atoms with Crippen LogP contribution < -0.4 is 0 Å². The topological polar surface area (TPSA) is 22.2 Å². The molecule has 1 aliphatic carbocycles. The highest BCUT2D eigenvalue weighted by Crippen LogP contribution is 2.53. The number of aromatic nitrogens is 3. The number of imidazole rings is 1. The number of para-hydroxylation sites is 2. The van der Waals surface area contributed by atoms with E-state index in [2.05, 4.69) is 174 Å². The Bertz CT molecular complexity index is 3340. The van der Waals surface area contributed by atoms with E-state index in [-0.39, 0.29) is 5.41 Å². The van der Waals surface area contributed by atoms with Crippen LogP contribution >= 0.6 is 0 Å². The SMILES string of the molecule is CC1(C)c2ccccc2-c2c3c1cccc3cc1c2c2ccccc2n1-c1ccc2nc3c4c5ccccc5ccc4c4ccccc4n3c2c1. The minimum atomic E-state index is -0.0957. The predicted molar refractivity (Wildman–Crippen MR) is 215 cm³/mol. The van der Waals surface area contributed by atoms with Gasteiger partial charge in [-0.2, -0.15) is 0 Å². The molecule has 1 aliphatic rings. The third-order valence-electron chi connectivity index (χ3n) is 11.8. The monoisotopic (exact) mass is 649 g/mol. The fourth-order valence-corrected chi connectivity index (χ4v) is 9.61. The molecule has 3 heterocycles. The fourth-order valence-electron chi connectivity index (χ4n) is 9.61. The molecule has 0 saturated carbocycles. The summed E-state index contributed by atoms with van der Waals surface area (Å²) < 4.78 is 4.87. The van der Waals surface area contributed by atoms with Crippen LogP contribution in [0.4, 0.5) is 0 Å². The van der Waals surface area contributed by atoms with Crippen molar-refractivity contribution in [1.82, 2.24) is 14.0 Å². The molecular weight excluding hydrogens is 619 g/mol. The van der Waals surface area contributed by atoms with Crippen LogP contribution in [0.1, 0.15) is 25.0 Å². The van der Waals surface area contributed by atoms with Gasteiger partial charge in [0, 0.05) is 38.2 Å². The lowest BCUT2D eigenvalue weighted by Gasteiger charge is -2.35. The number of rotatable bonds is 1. The molecule has 3 nitrogen and oxygen atoms in total. The second-order valence-corrected chi connectivity index (χ2v) is 14.7. The molecular formula is C48H31N3. The van der Waals surface area contributed by atoms with Crippen molar-refractivity contribution in [2.45, 2.75) is 19.3 Å². The summed E-state index contributed by atoms with van der Waals surface area (Å²) in [5, 5.41) is 11.4. The first kappa shape index (κ1) is 27.4. The Labute approximate surface area is 293 Å². The van der Waals surface area contributed by atoms with Crippen LogP contribution in [-0.2, 0) is 5.41 Å². The number of hydrogen-bond donors (Lipinski definition) is 0. The molecule has 238 valence electrons. The van der Waals surface area contributed by atoms with Crippen molar-refractivity contribution in [3.8, 4) is 16.8 Å². The first-order chi connectivity index (χ1) is 25.1. The van der Waals surface area contributed by atoms with Gasteiger partial charge < -0.3 is 4.57 Å². The summed E-state index contributed by atoms with van der Waals surface area (Å²) in [7, 11) is 0. The summed E-state index contributed by atoms with van der Waals surface area (Å²) in [6.45, 7) is 4.75. The van der Waals surface area contributed by atoms with Gasteiger partial charge in [0.15, 0.2) is 0 Å². The van der Waals surface area contributed by atoms with Crippen molar-refractivity contribution >= 4 is 81.7 Å². The standard InChI is InChI=1S/C48H31N3/c1-48(2)36-18-8-5-16-34(36)46-43-29(13-11-19-37(43)48)26-42-45(46)35-17-7-10-21-40(35)50(42)30-23-25-38-41(27-30)51-39-20-9-6-15-32(39)33-24-22-28-12-3-4-14-31(28)44(33)47(51)49-38/h3-27H,1-2H3. The first-order valence-electron chi connectivity index (χ1n) is 17.8. The molecule has 12 rings (SSSR count). The fraction of sp³-hybridized carbons (Fsp3) is 0.0625. The van der Waals surface area contributed by atoms with Gasteiger partial charge in [-0.15, -0.1) is 0 Å². The second kappa shape index (κ2) is 9.41. The van der Waals surface area contributed by atoms with Gasteiger partial charge >= 0.3 is 0 Å². The molecule has 3 heteroatoms. The molecule has 0 aliphatic heterocycles. The lowest BCUT2D eigenvalue weighted by atomic mass is 9.68. The average Bonchev–Trinajstić information content (AvgIpc) is 3.72. The van der Waals surface area contributed by atoms with Crippen LogP contribution in [0.25, 0.3) is 98.5 Å². The Morgan fingerprint density at radius 3 is 2.10 bits per heavy atom. The molecule has 0 atom stereocenters. The number of benzene rings is 8. The van der Waals surface area contributed by atoms with Gasteiger partial charge in [0.05, 0.1) is 27.6 Å². The molecule has 51 heavy (non-hydrogen) atoms. The van der Waals surface area contributed by atoms with E-state index in [0.717, 1.165) is 22.4 Å². The summed E-state index contributed by atoms with van der Waals surface area (Å²) >= 11 is 0. The Hall–Kier alpha value is -6.45. The van der Waals surface area contributed by atoms with Gasteiger partial charge in [0.25, 0.3) is 0 Å². The Morgan fingerprint density at radius 2 is 1.20 bits per heavy atom. The molecule has 0 radical (unpaired) electrons. The van der Waals surface area contributed by atoms with Gasteiger partial charge in [-0.3, -0.25) is 4.40 Å². The summed E-state index contributed by atoms with van der Waals surface area (Å²) in [5.41, 5.74) is 13.2. The van der Waals surface area contributed by atoms with E-state index in [1.54, 1.807) is 0 Å². The maximum atomic E-state index is 5.37. The van der Waals surface area contributed by atoms with Gasteiger partial charge in [0.2, 0.25) is 0 Å². The quantitative estimate of drug-likeness (QED) is 0.162. The molecule has 0 N–H and O–H groups in total. The summed E-state index contributed by atoms with van der Waals surface area (Å²) in [5.74, 6) is 0. The zero-order valence-corrected chi connectivity index (χ0v) is 28.3. The molecule has 0 bridgehead atoms. The summed E-state index contributed by atoms with van der Waals surface area (Å²) in [4.78, 5) is 5.37. The number of pyridine rings is 1. The highest BCUT2D eigenvalue weighted by Gasteiger charge is 2.35. The van der Waals surface area contributed by atoms with E-state index >= 15 is 0 Å². The molecule has 8 aromatic carbocycles. The smallest absolute Gasteiger partial charge is 0.147 e. The zero-order chi connectivity index (χ0) is 33.6. The predicted octanol–water partition coefficient (Wildman–Crippen LogP) is 12.5. The van der Waals surface area contributed by atoms with E-state index in [1.165, 1.54) is 87.3 Å². The van der Waals surface area contributed by atoms with Gasteiger partial charge in [0.1, 0.15) is 5.65 Å². The first-order valence-corrected chi connectivity index (χ1v) is 17.8. The molecule has 0 fully saturated rings. The normalized spacial score (nSPS) is 13.8. The maximum Gasteiger partial charge on any atom is 0.147 e. The Balaban J connectivity index is 1.24. The van der Waals surface area contributed by atoms with Crippen LogP contribution in [0, 0.1) is 0 Å². The van der Waals surface area contributed by atoms with Crippen LogP contribution in [0.5, 0.6) is 0 Å². The molecule has 3 aromatic heterocycles. The number of hydrogen-bond acceptors (Lipinski definition) is 1. The van der Waals surface area contributed by atoms with E-state index in [1.807, 2.05) is 0 Å². The molecule has 0 spiro atoms. The number of fused-ring (bicyclic) bond motifs is 16. The van der Waals surface area contributed by atoms with Gasteiger partial charge in [-0.1, -0.05) is 129 Å². The van der Waals surface area contributed by atoms with Crippen molar-refractivity contribution < 1.29 is 0 Å². The average molecular weight is 650 g/mol. The van der Waals surface area contributed by atoms with Crippen LogP contribution in [0.15, 0.2) is 152 Å². The number of nitrogens with zero attached hydrogens (tertiary/aromatic N) is 3. The van der Waals surface area contributed by atoms with E-state index in [9.17, 15) is 0 Å². The second-order valence-electron chi connectivity index (χ2n) is 14.7. The van der Waals surface area contributed by atoms with Gasteiger partial charge in [-0.25, -0.2) is 4.98 Å². The third kappa shape index (κ3) is 3.36. The van der Waals surface area contributed by atoms with Crippen molar-refractivity contribution in [2.75, 3.05) is 0 Å². The van der Waals surface area contributed by atoms with Crippen LogP contribution in [0.2, 0.25) is 0 Å². The largest absolute Gasteiger partial charge is 0.309 e. The minimum Gasteiger partial charge on any atom is -0.309 e. The summed E-state index contributed by atoms with van der Waals surface area (Å²) in [6.07, 6.45) is 0. The molecule has 0 saturated heterocycles. The molecule has 0 amide bonds. The van der Waals surface area contributed by atoms with Crippen LogP contribution in [-0.4, -0.2) is 14.0 Å².